The molecule has 0 aromatic rings. The maximum atomic E-state index is 12.3. The fraction of sp³-hybridized carbons (Fsp3) is 0.278. The van der Waals surface area contributed by atoms with E-state index in [0.29, 0.717) is 5.57 Å². The van der Waals surface area contributed by atoms with Crippen molar-refractivity contribution in [1.29, 1.82) is 0 Å². The second-order valence-corrected chi connectivity index (χ2v) is 4.92. The highest BCUT2D eigenvalue weighted by molar-refractivity contribution is 5.90. The highest BCUT2D eigenvalue weighted by Crippen LogP contribution is 2.24. The minimum absolute atomic E-state index is 0.0308. The molecule has 0 saturated carbocycles. The second kappa shape index (κ2) is 7.60. The van der Waals surface area contributed by atoms with Crippen LogP contribution in [0.5, 0.6) is 0 Å². The number of hydrogen-bond donors (Lipinski definition) is 0. The summed E-state index contributed by atoms with van der Waals surface area (Å²) in [5.41, 5.74) is 0.635. The number of carbonyl (C=O) groups is 1. The lowest BCUT2D eigenvalue weighted by Crippen LogP contribution is -2.17. The first kappa shape index (κ1) is 15.3. The van der Waals surface area contributed by atoms with Crippen LogP contribution >= 0.6 is 0 Å². The first-order valence-corrected chi connectivity index (χ1v) is 7.03. The van der Waals surface area contributed by atoms with Gasteiger partial charge in [-0.05, 0) is 6.92 Å². The van der Waals surface area contributed by atoms with Crippen molar-refractivity contribution >= 4 is 5.97 Å². The van der Waals surface area contributed by atoms with Crippen LogP contribution < -0.4 is 0 Å². The third-order valence-corrected chi connectivity index (χ3v) is 3.35. The zero-order valence-corrected chi connectivity index (χ0v) is 12.1. The van der Waals surface area contributed by atoms with Gasteiger partial charge in [-0.15, -0.1) is 6.58 Å². The first-order valence-electron chi connectivity index (χ1n) is 7.03. The maximum Gasteiger partial charge on any atom is 0.336 e. The minimum atomic E-state index is -0.346. The molecule has 0 aromatic carbocycles. The Kier molecular flexibility index (Phi) is 5.52. The average molecular weight is 284 g/mol. The lowest BCUT2D eigenvalue weighted by molar-refractivity contribution is -0.153. The van der Waals surface area contributed by atoms with E-state index in [4.69, 9.17) is 9.47 Å². The maximum absolute atomic E-state index is 12.3. The number of carbonyl (C=O) groups excluding carboxylic acids is 1. The van der Waals surface area contributed by atoms with Crippen LogP contribution in [-0.2, 0) is 14.3 Å². The summed E-state index contributed by atoms with van der Waals surface area (Å²) < 4.78 is 10.5. The zero-order valence-electron chi connectivity index (χ0n) is 12.1. The zero-order chi connectivity index (χ0) is 15.1. The molecule has 1 unspecified atom stereocenters. The average Bonchev–Trinajstić information content (AvgIpc) is 3.17. The third-order valence-electron chi connectivity index (χ3n) is 3.35. The Morgan fingerprint density at radius 3 is 2.43 bits per heavy atom. The largest absolute Gasteiger partial charge is 0.435 e. The van der Waals surface area contributed by atoms with Crippen LogP contribution in [0.4, 0.5) is 0 Å². The summed E-state index contributed by atoms with van der Waals surface area (Å²) >= 11 is 0. The van der Waals surface area contributed by atoms with Crippen molar-refractivity contribution in [2.45, 2.75) is 13.0 Å². The smallest absolute Gasteiger partial charge is 0.336 e. The van der Waals surface area contributed by atoms with Crippen molar-refractivity contribution < 1.29 is 14.3 Å². The van der Waals surface area contributed by atoms with Crippen LogP contribution in [0.2, 0.25) is 0 Å². The van der Waals surface area contributed by atoms with Crippen LogP contribution in [0.25, 0.3) is 0 Å². The first-order chi connectivity index (χ1) is 10.2. The van der Waals surface area contributed by atoms with E-state index in [9.17, 15) is 4.79 Å². The van der Waals surface area contributed by atoms with E-state index in [2.05, 4.69) is 6.58 Å². The summed E-state index contributed by atoms with van der Waals surface area (Å²) in [4.78, 5) is 12.3. The molecule has 0 aromatic heterocycles. The van der Waals surface area contributed by atoms with Crippen molar-refractivity contribution in [1.82, 2.24) is 0 Å². The van der Waals surface area contributed by atoms with Crippen LogP contribution in [-0.4, -0.2) is 18.9 Å². The molecule has 0 N–H and O–H groups in total. The van der Waals surface area contributed by atoms with Gasteiger partial charge >= 0.3 is 5.97 Å². The predicted molar refractivity (Wildman–Crippen MR) is 83.3 cm³/mol. The van der Waals surface area contributed by atoms with Gasteiger partial charge in [0, 0.05) is 17.4 Å². The van der Waals surface area contributed by atoms with Gasteiger partial charge in [-0.1, -0.05) is 60.8 Å². The summed E-state index contributed by atoms with van der Waals surface area (Å²) in [6.07, 6.45) is 19.3. The van der Waals surface area contributed by atoms with Gasteiger partial charge < -0.3 is 9.47 Å². The molecule has 2 aliphatic rings. The second-order valence-electron chi connectivity index (χ2n) is 4.92. The molecule has 0 aliphatic heterocycles. The van der Waals surface area contributed by atoms with Crippen molar-refractivity contribution in [2.24, 2.45) is 11.8 Å². The van der Waals surface area contributed by atoms with Crippen molar-refractivity contribution in [3.63, 3.8) is 0 Å². The molecule has 2 rings (SSSR count). The molecule has 0 heterocycles. The summed E-state index contributed by atoms with van der Waals surface area (Å²) in [7, 11) is 0. The SMILES string of the molecule is C=CC(C)OCOC(=O)C(=CC1C=CC=C1)C1C=CC=C1. The van der Waals surface area contributed by atoms with E-state index in [1.165, 1.54) is 0 Å². The Hall–Kier alpha value is -2.13. The number of rotatable bonds is 7. The molecular formula is C18H20O3. The molecule has 0 saturated heterocycles. The standard InChI is InChI=1S/C18H20O3/c1-3-14(2)20-13-21-18(19)17(16-10-6-7-11-16)12-15-8-4-5-9-15/h3-12,14-16H,1,13H2,2H3. The highest BCUT2D eigenvalue weighted by Gasteiger charge is 2.21. The molecule has 0 spiro atoms. The summed E-state index contributed by atoms with van der Waals surface area (Å²) in [6, 6.07) is 0. The number of esters is 1. The molecule has 2 aliphatic carbocycles. The Morgan fingerprint density at radius 2 is 1.81 bits per heavy atom. The predicted octanol–water partition coefficient (Wildman–Crippen LogP) is 3.49. The summed E-state index contributed by atoms with van der Waals surface area (Å²) in [5, 5.41) is 0. The molecular weight excluding hydrogens is 264 g/mol. The van der Waals surface area contributed by atoms with Gasteiger partial charge in [-0.2, -0.15) is 0 Å². The van der Waals surface area contributed by atoms with Crippen molar-refractivity contribution in [3.8, 4) is 0 Å². The normalized spacial score (nSPS) is 19.4. The van der Waals surface area contributed by atoms with E-state index in [1.807, 2.05) is 61.6 Å². The van der Waals surface area contributed by atoms with Gasteiger partial charge in [-0.25, -0.2) is 4.79 Å². The topological polar surface area (TPSA) is 35.5 Å². The minimum Gasteiger partial charge on any atom is -0.435 e. The number of hydrogen-bond acceptors (Lipinski definition) is 3. The molecule has 3 heteroatoms. The Bertz CT molecular complexity index is 511. The fourth-order valence-electron chi connectivity index (χ4n) is 2.07. The fourth-order valence-corrected chi connectivity index (χ4v) is 2.07. The Balaban J connectivity index is 2.01. The summed E-state index contributed by atoms with van der Waals surface area (Å²) in [5.74, 6) is -0.235. The lowest BCUT2D eigenvalue weighted by Gasteiger charge is -2.14. The van der Waals surface area contributed by atoms with Crippen molar-refractivity contribution in [3.05, 3.63) is 72.9 Å². The molecule has 0 radical (unpaired) electrons. The molecule has 0 amide bonds. The van der Waals surface area contributed by atoms with Gasteiger partial charge in [0.1, 0.15) is 0 Å². The van der Waals surface area contributed by atoms with Gasteiger partial charge in [0.25, 0.3) is 0 Å². The van der Waals surface area contributed by atoms with Crippen LogP contribution in [0.15, 0.2) is 72.9 Å². The van der Waals surface area contributed by atoms with Crippen LogP contribution in [0.1, 0.15) is 6.92 Å². The highest BCUT2D eigenvalue weighted by atomic mass is 16.7. The number of allylic oxidation sites excluding steroid dienone is 9. The molecule has 3 nitrogen and oxygen atoms in total. The van der Waals surface area contributed by atoms with E-state index in [-0.39, 0.29) is 30.7 Å². The molecule has 110 valence electrons. The Labute approximate surface area is 125 Å². The molecule has 0 fully saturated rings. The van der Waals surface area contributed by atoms with Gasteiger partial charge in [-0.3, -0.25) is 0 Å². The number of ether oxygens (including phenoxy) is 2. The van der Waals surface area contributed by atoms with Gasteiger partial charge in [0.15, 0.2) is 6.79 Å². The van der Waals surface area contributed by atoms with E-state index >= 15 is 0 Å². The van der Waals surface area contributed by atoms with E-state index < -0.39 is 0 Å². The monoisotopic (exact) mass is 284 g/mol. The quantitative estimate of drug-likeness (QED) is 0.311. The van der Waals surface area contributed by atoms with Crippen LogP contribution in [0, 0.1) is 11.8 Å². The van der Waals surface area contributed by atoms with Gasteiger partial charge in [0.2, 0.25) is 0 Å². The molecule has 21 heavy (non-hydrogen) atoms. The Morgan fingerprint density at radius 1 is 1.19 bits per heavy atom. The van der Waals surface area contributed by atoms with E-state index in [0.717, 1.165) is 0 Å². The van der Waals surface area contributed by atoms with Gasteiger partial charge in [0.05, 0.1) is 6.10 Å². The lowest BCUT2D eigenvalue weighted by atomic mass is 9.96. The molecule has 1 atom stereocenters. The van der Waals surface area contributed by atoms with Crippen LogP contribution in [0.3, 0.4) is 0 Å². The summed E-state index contributed by atoms with van der Waals surface area (Å²) in [6.45, 7) is 5.39. The van der Waals surface area contributed by atoms with Crippen molar-refractivity contribution in [2.75, 3.05) is 6.79 Å². The van der Waals surface area contributed by atoms with E-state index in [1.54, 1.807) is 6.08 Å². The third kappa shape index (κ3) is 4.43. The molecule has 0 bridgehead atoms.